The first kappa shape index (κ1) is 15.2. The van der Waals surface area contributed by atoms with Crippen molar-refractivity contribution in [2.45, 2.75) is 26.8 Å². The summed E-state index contributed by atoms with van der Waals surface area (Å²) in [4.78, 5) is 13.0. The Labute approximate surface area is 123 Å². The Morgan fingerprint density at radius 3 is 2.57 bits per heavy atom. The minimum absolute atomic E-state index is 0.0109. The van der Waals surface area contributed by atoms with Crippen LogP contribution in [-0.2, 0) is 0 Å². The summed E-state index contributed by atoms with van der Waals surface area (Å²) < 4.78 is 1.57. The third-order valence-electron chi connectivity index (χ3n) is 2.98. The highest BCUT2D eigenvalue weighted by Crippen LogP contribution is 2.12. The quantitative estimate of drug-likeness (QED) is 0.697. The number of nitrogens with one attached hydrogen (secondary N) is 2. The van der Waals surface area contributed by atoms with Gasteiger partial charge in [0.2, 0.25) is 11.9 Å². The molecule has 0 saturated carbocycles. The summed E-state index contributed by atoms with van der Waals surface area (Å²) >= 11 is 0. The maximum Gasteiger partial charge on any atom is 0.257 e. The smallest absolute Gasteiger partial charge is 0.257 e. The lowest BCUT2D eigenvalue weighted by molar-refractivity contribution is 0.248. The Balaban J connectivity index is 2.31. The molecule has 21 heavy (non-hydrogen) atoms. The van der Waals surface area contributed by atoms with E-state index in [0.29, 0.717) is 24.4 Å². The van der Waals surface area contributed by atoms with E-state index in [4.69, 9.17) is 0 Å². The average Bonchev–Trinajstić information content (AvgIpc) is 2.99. The molecule has 0 spiro atoms. The van der Waals surface area contributed by atoms with Crippen LogP contribution in [0.5, 0.6) is 0 Å². The molecule has 0 unspecified atom stereocenters. The molecule has 0 bridgehead atoms. The van der Waals surface area contributed by atoms with Crippen LogP contribution < -0.4 is 10.6 Å². The van der Waals surface area contributed by atoms with Crippen LogP contribution in [-0.4, -0.2) is 49.0 Å². The van der Waals surface area contributed by atoms with E-state index in [0.717, 1.165) is 0 Å². The minimum Gasteiger partial charge on any atom is -0.394 e. The molecule has 2 aromatic heterocycles. The first-order chi connectivity index (χ1) is 10.1. The van der Waals surface area contributed by atoms with Crippen molar-refractivity contribution in [3.8, 4) is 5.95 Å². The molecular formula is C13H21N7O. The molecule has 114 valence electrons. The summed E-state index contributed by atoms with van der Waals surface area (Å²) in [7, 11) is 0. The van der Waals surface area contributed by atoms with Crippen LogP contribution in [0.15, 0.2) is 18.5 Å². The van der Waals surface area contributed by atoms with E-state index in [-0.39, 0.29) is 18.6 Å². The number of rotatable bonds is 7. The molecule has 2 rings (SSSR count). The van der Waals surface area contributed by atoms with Gasteiger partial charge in [-0.25, -0.2) is 4.68 Å². The molecule has 8 nitrogen and oxygen atoms in total. The number of aromatic nitrogens is 5. The number of anilines is 2. The zero-order chi connectivity index (χ0) is 15.2. The molecule has 1 atom stereocenters. The van der Waals surface area contributed by atoms with Crippen molar-refractivity contribution in [3.05, 3.63) is 18.5 Å². The summed E-state index contributed by atoms with van der Waals surface area (Å²) in [5.41, 5.74) is 0. The average molecular weight is 291 g/mol. The molecule has 0 radical (unpaired) electrons. The first-order valence-corrected chi connectivity index (χ1v) is 7.01. The molecule has 0 fully saturated rings. The van der Waals surface area contributed by atoms with Crippen molar-refractivity contribution < 1.29 is 5.11 Å². The molecule has 8 heteroatoms. The van der Waals surface area contributed by atoms with Gasteiger partial charge in [0.25, 0.3) is 5.95 Å². The lowest BCUT2D eigenvalue weighted by Crippen LogP contribution is -2.30. The van der Waals surface area contributed by atoms with Gasteiger partial charge >= 0.3 is 0 Å². The Morgan fingerprint density at radius 2 is 2.00 bits per heavy atom. The van der Waals surface area contributed by atoms with Gasteiger partial charge < -0.3 is 15.7 Å². The summed E-state index contributed by atoms with van der Waals surface area (Å²) in [6.45, 7) is 6.73. The van der Waals surface area contributed by atoms with E-state index in [1.165, 1.54) is 0 Å². The van der Waals surface area contributed by atoms with Gasteiger partial charge in [-0.3, -0.25) is 0 Å². The lowest BCUT2D eigenvalue weighted by atomic mass is 10.1. The number of aliphatic hydroxyl groups is 1. The van der Waals surface area contributed by atoms with Crippen LogP contribution >= 0.6 is 0 Å². The fourth-order valence-electron chi connectivity index (χ4n) is 1.75. The largest absolute Gasteiger partial charge is 0.394 e. The fourth-order valence-corrected chi connectivity index (χ4v) is 1.75. The van der Waals surface area contributed by atoms with Crippen LogP contribution in [0.3, 0.4) is 0 Å². The Kier molecular flexibility index (Phi) is 5.04. The second kappa shape index (κ2) is 6.98. The Hall–Kier alpha value is -2.22. The molecule has 3 N–H and O–H groups in total. The predicted molar refractivity (Wildman–Crippen MR) is 80.4 cm³/mol. The van der Waals surface area contributed by atoms with Gasteiger partial charge in [-0.15, -0.1) is 0 Å². The zero-order valence-corrected chi connectivity index (χ0v) is 12.5. The molecule has 2 heterocycles. The summed E-state index contributed by atoms with van der Waals surface area (Å²) in [5, 5.41) is 19.7. The number of hydrogen-bond donors (Lipinski definition) is 3. The third kappa shape index (κ3) is 3.88. The Morgan fingerprint density at radius 1 is 1.24 bits per heavy atom. The van der Waals surface area contributed by atoms with E-state index < -0.39 is 0 Å². The zero-order valence-electron chi connectivity index (χ0n) is 12.5. The second-order valence-corrected chi connectivity index (χ2v) is 4.94. The van der Waals surface area contributed by atoms with Crippen molar-refractivity contribution in [1.82, 2.24) is 24.7 Å². The van der Waals surface area contributed by atoms with Gasteiger partial charge in [0.15, 0.2) is 0 Å². The minimum atomic E-state index is -0.118. The van der Waals surface area contributed by atoms with Gasteiger partial charge in [0.05, 0.1) is 12.6 Å². The molecule has 2 aromatic rings. The topological polar surface area (TPSA) is 101 Å². The van der Waals surface area contributed by atoms with Crippen LogP contribution in [0, 0.1) is 5.92 Å². The van der Waals surface area contributed by atoms with Gasteiger partial charge in [0.1, 0.15) is 0 Å². The van der Waals surface area contributed by atoms with E-state index in [2.05, 4.69) is 30.7 Å². The van der Waals surface area contributed by atoms with E-state index in [1.807, 2.05) is 20.8 Å². The van der Waals surface area contributed by atoms with E-state index >= 15 is 0 Å². The normalized spacial score (nSPS) is 12.4. The molecular weight excluding hydrogens is 270 g/mol. The fraction of sp³-hybridized carbons (Fsp3) is 0.538. The highest BCUT2D eigenvalue weighted by atomic mass is 16.3. The van der Waals surface area contributed by atoms with Gasteiger partial charge in [-0.1, -0.05) is 13.8 Å². The monoisotopic (exact) mass is 291 g/mol. The van der Waals surface area contributed by atoms with Crippen LogP contribution in [0.25, 0.3) is 5.95 Å². The maximum absolute atomic E-state index is 9.42. The summed E-state index contributed by atoms with van der Waals surface area (Å²) in [6.07, 6.45) is 3.43. The second-order valence-electron chi connectivity index (χ2n) is 4.94. The standard InChI is InChI=1S/C13H21N7O/c1-4-14-11-17-12(16-10(8-21)9(2)3)19-13(18-11)20-7-5-6-15-20/h5-7,9-10,21H,4,8H2,1-3H3,(H2,14,16,17,18,19)/t10-/m1/s1. The van der Waals surface area contributed by atoms with Gasteiger partial charge in [-0.2, -0.15) is 20.1 Å². The third-order valence-corrected chi connectivity index (χ3v) is 2.98. The molecule has 0 amide bonds. The van der Waals surface area contributed by atoms with Crippen molar-refractivity contribution in [2.24, 2.45) is 5.92 Å². The van der Waals surface area contributed by atoms with Crippen molar-refractivity contribution in [1.29, 1.82) is 0 Å². The molecule has 0 aliphatic carbocycles. The predicted octanol–water partition coefficient (Wildman–Crippen LogP) is 0.918. The van der Waals surface area contributed by atoms with Crippen molar-refractivity contribution in [2.75, 3.05) is 23.8 Å². The number of hydrogen-bond acceptors (Lipinski definition) is 7. The molecule has 0 aromatic carbocycles. The van der Waals surface area contributed by atoms with Crippen LogP contribution in [0.4, 0.5) is 11.9 Å². The highest BCUT2D eigenvalue weighted by molar-refractivity contribution is 5.38. The maximum atomic E-state index is 9.42. The number of aliphatic hydroxyl groups excluding tert-OH is 1. The molecule has 0 saturated heterocycles. The van der Waals surface area contributed by atoms with Crippen molar-refractivity contribution >= 4 is 11.9 Å². The van der Waals surface area contributed by atoms with Crippen LogP contribution in [0.1, 0.15) is 20.8 Å². The summed E-state index contributed by atoms with van der Waals surface area (Å²) in [5.74, 6) is 1.57. The van der Waals surface area contributed by atoms with Crippen LogP contribution in [0.2, 0.25) is 0 Å². The summed E-state index contributed by atoms with van der Waals surface area (Å²) in [6, 6.07) is 1.68. The van der Waals surface area contributed by atoms with E-state index in [1.54, 1.807) is 23.1 Å². The first-order valence-electron chi connectivity index (χ1n) is 7.01. The number of nitrogens with zero attached hydrogens (tertiary/aromatic N) is 5. The highest BCUT2D eigenvalue weighted by Gasteiger charge is 2.15. The van der Waals surface area contributed by atoms with E-state index in [9.17, 15) is 5.11 Å². The van der Waals surface area contributed by atoms with Crippen molar-refractivity contribution in [3.63, 3.8) is 0 Å². The molecule has 0 aliphatic heterocycles. The van der Waals surface area contributed by atoms with Gasteiger partial charge in [-0.05, 0) is 18.9 Å². The SMILES string of the molecule is CCNc1nc(N[C@H](CO)C(C)C)nc(-n2cccn2)n1. The Bertz CT molecular complexity index is 556. The lowest BCUT2D eigenvalue weighted by Gasteiger charge is -2.20. The van der Waals surface area contributed by atoms with Gasteiger partial charge in [0, 0.05) is 18.9 Å². The molecule has 0 aliphatic rings.